The zero-order valence-electron chi connectivity index (χ0n) is 21.7. The molecule has 2 unspecified atom stereocenters. The van der Waals surface area contributed by atoms with Crippen LogP contribution in [0, 0.1) is 0 Å². The number of thioether (sulfide) groups is 1. The molecule has 0 aliphatic carbocycles. The largest absolute Gasteiger partial charge is 0.452 e. The molecule has 38 heavy (non-hydrogen) atoms. The fourth-order valence-corrected chi connectivity index (χ4v) is 6.80. The van der Waals surface area contributed by atoms with Crippen molar-refractivity contribution in [1.82, 2.24) is 29.5 Å². The molecule has 3 aliphatic heterocycles. The predicted octanol–water partition coefficient (Wildman–Crippen LogP) is 3.90. The molecule has 3 aromatic heterocycles. The average Bonchev–Trinajstić information content (AvgIpc) is 3.40. The van der Waals surface area contributed by atoms with Crippen molar-refractivity contribution in [3.8, 4) is 0 Å². The van der Waals surface area contributed by atoms with Crippen molar-refractivity contribution < 1.29 is 18.0 Å². The number of aromatic nitrogens is 5. The summed E-state index contributed by atoms with van der Waals surface area (Å²) in [5.74, 6) is 1.66. The number of nitrogens with zero attached hydrogens (tertiary/aromatic N) is 8. The van der Waals surface area contributed by atoms with E-state index in [2.05, 4.69) is 45.8 Å². The molecule has 0 aromatic carbocycles. The van der Waals surface area contributed by atoms with Crippen LogP contribution in [-0.2, 0) is 16.4 Å². The summed E-state index contributed by atoms with van der Waals surface area (Å²) in [6, 6.07) is 3.30. The predicted molar refractivity (Wildman–Crippen MR) is 139 cm³/mol. The van der Waals surface area contributed by atoms with E-state index in [9.17, 15) is 18.0 Å². The van der Waals surface area contributed by atoms with Crippen LogP contribution in [-0.4, -0.2) is 78.1 Å². The maximum Gasteiger partial charge on any atom is 0.452 e. The quantitative estimate of drug-likeness (QED) is 0.489. The van der Waals surface area contributed by atoms with E-state index in [0.717, 1.165) is 28.0 Å². The summed E-state index contributed by atoms with van der Waals surface area (Å²) in [7, 11) is 0. The van der Waals surface area contributed by atoms with Gasteiger partial charge in [0.05, 0.1) is 10.4 Å². The summed E-state index contributed by atoms with van der Waals surface area (Å²) in [6.07, 6.45) is -0.783. The summed E-state index contributed by atoms with van der Waals surface area (Å²) in [4.78, 5) is 28.6. The Morgan fingerprint density at radius 3 is 2.50 bits per heavy atom. The van der Waals surface area contributed by atoms with Gasteiger partial charge in [-0.15, -0.1) is 22.0 Å². The van der Waals surface area contributed by atoms with Crippen LogP contribution in [0.3, 0.4) is 0 Å². The number of amides is 1. The SMILES string of the molecule is CC1CN(c2ncnc3c2C(C)(C)CN3c2ccc3nnc(C(F)(F)F)n3c2)CCN1C(=O)C1(C)CCS1. The van der Waals surface area contributed by atoms with E-state index in [1.807, 2.05) is 16.7 Å². The highest BCUT2D eigenvalue weighted by molar-refractivity contribution is 8.02. The second-order valence-electron chi connectivity index (χ2n) is 11.1. The molecule has 2 atom stereocenters. The summed E-state index contributed by atoms with van der Waals surface area (Å²) in [6.45, 7) is 10.7. The lowest BCUT2D eigenvalue weighted by Gasteiger charge is -2.46. The smallest absolute Gasteiger partial charge is 0.352 e. The van der Waals surface area contributed by atoms with Crippen LogP contribution in [0.5, 0.6) is 0 Å². The third kappa shape index (κ3) is 3.88. The van der Waals surface area contributed by atoms with Crippen molar-refractivity contribution in [2.75, 3.05) is 41.7 Å². The first-order valence-electron chi connectivity index (χ1n) is 12.6. The second kappa shape index (κ2) is 8.45. The fraction of sp³-hybridized carbons (Fsp3) is 0.560. The number of carbonyl (C=O) groups is 1. The molecular weight excluding hydrogens is 517 g/mol. The first-order valence-corrected chi connectivity index (χ1v) is 13.6. The molecule has 0 radical (unpaired) electrons. The van der Waals surface area contributed by atoms with Gasteiger partial charge in [0.2, 0.25) is 11.7 Å². The van der Waals surface area contributed by atoms with Crippen molar-refractivity contribution in [2.45, 2.75) is 56.5 Å². The minimum atomic E-state index is -4.62. The first-order chi connectivity index (χ1) is 17.9. The van der Waals surface area contributed by atoms with Gasteiger partial charge in [-0.05, 0) is 38.2 Å². The Bertz CT molecular complexity index is 1420. The van der Waals surface area contributed by atoms with E-state index in [4.69, 9.17) is 0 Å². The number of anilines is 3. The van der Waals surface area contributed by atoms with Gasteiger partial charge < -0.3 is 14.7 Å². The van der Waals surface area contributed by atoms with E-state index >= 15 is 0 Å². The van der Waals surface area contributed by atoms with E-state index in [-0.39, 0.29) is 27.8 Å². The molecular formula is C25H29F3N8OS. The van der Waals surface area contributed by atoms with Gasteiger partial charge in [-0.1, -0.05) is 13.8 Å². The number of halogens is 3. The third-order valence-corrected chi connectivity index (χ3v) is 9.31. The molecule has 1 amide bonds. The molecule has 3 aromatic rings. The highest BCUT2D eigenvalue weighted by Gasteiger charge is 2.46. The van der Waals surface area contributed by atoms with Crippen LogP contribution in [0.15, 0.2) is 24.7 Å². The van der Waals surface area contributed by atoms with Gasteiger partial charge in [0.25, 0.3) is 0 Å². The van der Waals surface area contributed by atoms with Gasteiger partial charge in [0.1, 0.15) is 18.0 Å². The number of rotatable bonds is 3. The normalized spacial score (nSPS) is 25.0. The highest BCUT2D eigenvalue weighted by atomic mass is 32.2. The molecule has 2 saturated heterocycles. The van der Waals surface area contributed by atoms with Gasteiger partial charge in [-0.2, -0.15) is 13.2 Å². The van der Waals surface area contributed by atoms with E-state index in [1.165, 1.54) is 18.6 Å². The minimum Gasteiger partial charge on any atom is -0.352 e. The van der Waals surface area contributed by atoms with Crippen molar-refractivity contribution >= 4 is 40.6 Å². The first kappa shape index (κ1) is 25.2. The lowest BCUT2D eigenvalue weighted by atomic mass is 9.87. The Balaban J connectivity index is 1.32. The van der Waals surface area contributed by atoms with Gasteiger partial charge in [-0.25, -0.2) is 9.97 Å². The molecule has 13 heteroatoms. The number of fused-ring (bicyclic) bond motifs is 2. The van der Waals surface area contributed by atoms with E-state index in [0.29, 0.717) is 37.7 Å². The van der Waals surface area contributed by atoms with Crippen LogP contribution in [0.4, 0.5) is 30.5 Å². The zero-order valence-corrected chi connectivity index (χ0v) is 22.5. The monoisotopic (exact) mass is 546 g/mol. The summed E-state index contributed by atoms with van der Waals surface area (Å²) in [5, 5.41) is 7.00. The number of alkyl halides is 3. The molecule has 3 aliphatic rings. The van der Waals surface area contributed by atoms with Gasteiger partial charge >= 0.3 is 6.18 Å². The van der Waals surface area contributed by atoms with Crippen LogP contribution in [0.2, 0.25) is 0 Å². The molecule has 6 heterocycles. The fourth-order valence-electron chi connectivity index (χ4n) is 5.74. The molecule has 0 saturated carbocycles. The number of hydrogen-bond acceptors (Lipinski definition) is 8. The number of pyridine rings is 1. The number of piperazine rings is 1. The Morgan fingerprint density at radius 2 is 1.84 bits per heavy atom. The lowest BCUT2D eigenvalue weighted by molar-refractivity contribution is -0.145. The van der Waals surface area contributed by atoms with Crippen molar-refractivity contribution in [2.24, 2.45) is 0 Å². The summed E-state index contributed by atoms with van der Waals surface area (Å²) < 4.78 is 41.1. The summed E-state index contributed by atoms with van der Waals surface area (Å²) in [5.41, 5.74) is 1.27. The second-order valence-corrected chi connectivity index (χ2v) is 12.7. The van der Waals surface area contributed by atoms with Crippen molar-refractivity contribution in [3.05, 3.63) is 36.0 Å². The maximum absolute atomic E-state index is 13.5. The molecule has 202 valence electrons. The Labute approximate surface area is 222 Å². The molecule has 2 fully saturated rings. The van der Waals surface area contributed by atoms with Gasteiger partial charge in [-0.3, -0.25) is 9.20 Å². The number of hydrogen-bond donors (Lipinski definition) is 0. The van der Waals surface area contributed by atoms with Gasteiger partial charge in [0, 0.05) is 49.4 Å². The van der Waals surface area contributed by atoms with E-state index < -0.39 is 12.0 Å². The molecule has 0 N–H and O–H groups in total. The molecule has 6 rings (SSSR count). The summed E-state index contributed by atoms with van der Waals surface area (Å²) >= 11 is 1.72. The molecule has 0 spiro atoms. The Morgan fingerprint density at radius 1 is 1.11 bits per heavy atom. The Hall–Kier alpha value is -3.09. The topological polar surface area (TPSA) is 82.8 Å². The zero-order chi connectivity index (χ0) is 27.0. The number of carbonyl (C=O) groups excluding carboxylic acids is 1. The standard InChI is InChI=1S/C25H29F3N8OS/c1-15-11-33(8-9-34(15)22(37)24(4)7-10-38-24)19-18-20(30-14-29-19)36(13-23(18,2)3)16-5-6-17-31-32-21(25(26,27)28)35(17)12-16/h5-6,12,14-15H,7-11,13H2,1-4H3. The van der Waals surface area contributed by atoms with Crippen LogP contribution in [0.25, 0.3) is 5.65 Å². The van der Waals surface area contributed by atoms with E-state index in [1.54, 1.807) is 17.8 Å². The highest BCUT2D eigenvalue weighted by Crippen LogP contribution is 2.47. The third-order valence-electron chi connectivity index (χ3n) is 7.89. The van der Waals surface area contributed by atoms with Crippen LogP contribution >= 0.6 is 11.8 Å². The Kier molecular flexibility index (Phi) is 5.61. The maximum atomic E-state index is 13.5. The lowest BCUT2D eigenvalue weighted by Crippen LogP contribution is -2.60. The van der Waals surface area contributed by atoms with Crippen LogP contribution < -0.4 is 9.80 Å². The van der Waals surface area contributed by atoms with Gasteiger partial charge in [0.15, 0.2) is 5.65 Å². The van der Waals surface area contributed by atoms with Crippen molar-refractivity contribution in [3.63, 3.8) is 0 Å². The average molecular weight is 547 g/mol. The van der Waals surface area contributed by atoms with Crippen LogP contribution in [0.1, 0.15) is 45.5 Å². The van der Waals surface area contributed by atoms with Crippen molar-refractivity contribution in [1.29, 1.82) is 0 Å². The minimum absolute atomic E-state index is 0.0254. The molecule has 9 nitrogen and oxygen atoms in total. The molecule has 0 bridgehead atoms.